The number of likely N-dealkylation sites (tertiary alicyclic amines) is 1. The Morgan fingerprint density at radius 1 is 1.21 bits per heavy atom. The van der Waals surface area contributed by atoms with Gasteiger partial charge in [0.2, 0.25) is 0 Å². The fourth-order valence-electron chi connectivity index (χ4n) is 4.24. The van der Waals surface area contributed by atoms with Gasteiger partial charge in [-0.15, -0.1) is 12.6 Å². The van der Waals surface area contributed by atoms with Gasteiger partial charge in [0.15, 0.2) is 11.6 Å². The molecule has 1 unspecified atom stereocenters. The fraction of sp³-hybridized carbons (Fsp3) is 0.476. The molecule has 2 aromatic rings. The second kappa shape index (κ2) is 7.04. The van der Waals surface area contributed by atoms with Gasteiger partial charge < -0.3 is 25.3 Å². The molecule has 1 aromatic carbocycles. The number of H-pyrrole nitrogens is 1. The zero-order valence-electron chi connectivity index (χ0n) is 15.9. The van der Waals surface area contributed by atoms with E-state index in [9.17, 15) is 4.79 Å². The highest BCUT2D eigenvalue weighted by Gasteiger charge is 2.32. The van der Waals surface area contributed by atoms with E-state index in [0.717, 1.165) is 60.2 Å². The lowest BCUT2D eigenvalue weighted by Gasteiger charge is -2.29. The molecule has 1 saturated carbocycles. The lowest BCUT2D eigenvalue weighted by atomic mass is 10.0. The molecule has 7 heteroatoms. The van der Waals surface area contributed by atoms with Gasteiger partial charge in [-0.25, -0.2) is 0 Å². The molecule has 0 radical (unpaired) electrons. The minimum atomic E-state index is 0.0314. The van der Waals surface area contributed by atoms with Gasteiger partial charge in [-0.2, -0.15) is 0 Å². The number of aromatic amines is 1. The highest BCUT2D eigenvalue weighted by atomic mass is 32.1. The number of ether oxygens (including phenoxy) is 1. The Bertz CT molecular complexity index is 902. The summed E-state index contributed by atoms with van der Waals surface area (Å²) < 4.78 is 5.83. The number of fused-ring (bicyclic) bond motifs is 1. The number of rotatable bonds is 4. The molecule has 0 spiro atoms. The van der Waals surface area contributed by atoms with Gasteiger partial charge in [0.1, 0.15) is 12.3 Å². The van der Waals surface area contributed by atoms with Gasteiger partial charge in [-0.3, -0.25) is 4.79 Å². The van der Waals surface area contributed by atoms with Crippen LogP contribution in [0.3, 0.4) is 0 Å². The Balaban J connectivity index is 1.46. The maximum absolute atomic E-state index is 12.8. The molecule has 1 atom stereocenters. The van der Waals surface area contributed by atoms with E-state index in [-0.39, 0.29) is 11.9 Å². The number of hydrogen-bond donors (Lipinski definition) is 3. The molecule has 0 bridgehead atoms. The number of carbonyl (C=O) groups is 1. The monoisotopic (exact) mass is 398 g/mol. The number of benzene rings is 1. The molecular formula is C21H26N4O2S. The van der Waals surface area contributed by atoms with Crippen LogP contribution in [0.15, 0.2) is 29.2 Å². The fourth-order valence-corrected chi connectivity index (χ4v) is 4.53. The summed E-state index contributed by atoms with van der Waals surface area (Å²) in [6, 6.07) is 8.09. The molecule has 5 rings (SSSR count). The third-order valence-corrected chi connectivity index (χ3v) is 6.45. The third-order valence-electron chi connectivity index (χ3n) is 6.04. The highest BCUT2D eigenvalue weighted by Crippen LogP contribution is 2.43. The van der Waals surface area contributed by atoms with Crippen LogP contribution in [0.2, 0.25) is 0 Å². The SMILES string of the molecule is NC(c1cc(N2CCOc3cc(C(=O)N4CCCC4)[nH]c32)ccc1S)C1CC1. The molecule has 1 amide bonds. The van der Waals surface area contributed by atoms with Crippen LogP contribution in [0.25, 0.3) is 0 Å². The lowest BCUT2D eigenvalue weighted by molar-refractivity contribution is 0.0787. The van der Waals surface area contributed by atoms with Crippen molar-refractivity contribution < 1.29 is 9.53 Å². The van der Waals surface area contributed by atoms with Crippen molar-refractivity contribution in [2.24, 2.45) is 11.7 Å². The largest absolute Gasteiger partial charge is 0.488 e. The van der Waals surface area contributed by atoms with Crippen LogP contribution in [0.5, 0.6) is 5.75 Å². The average molecular weight is 399 g/mol. The van der Waals surface area contributed by atoms with Gasteiger partial charge in [0.25, 0.3) is 5.91 Å². The Kier molecular flexibility index (Phi) is 4.51. The molecule has 148 valence electrons. The van der Waals surface area contributed by atoms with Gasteiger partial charge in [0.05, 0.1) is 6.54 Å². The van der Waals surface area contributed by atoms with E-state index in [1.54, 1.807) is 0 Å². The number of aromatic nitrogens is 1. The van der Waals surface area contributed by atoms with Gasteiger partial charge >= 0.3 is 0 Å². The van der Waals surface area contributed by atoms with Crippen molar-refractivity contribution in [2.75, 3.05) is 31.1 Å². The summed E-state index contributed by atoms with van der Waals surface area (Å²) >= 11 is 4.63. The summed E-state index contributed by atoms with van der Waals surface area (Å²) in [4.78, 5) is 21.1. The van der Waals surface area contributed by atoms with Crippen molar-refractivity contribution >= 4 is 30.0 Å². The number of carbonyl (C=O) groups excluding carboxylic acids is 1. The molecule has 6 nitrogen and oxygen atoms in total. The Labute approximate surface area is 170 Å². The van der Waals surface area contributed by atoms with Crippen LogP contribution in [-0.4, -0.2) is 42.0 Å². The van der Waals surface area contributed by atoms with Crippen LogP contribution < -0.4 is 15.4 Å². The predicted molar refractivity (Wildman–Crippen MR) is 112 cm³/mol. The van der Waals surface area contributed by atoms with Crippen LogP contribution in [-0.2, 0) is 0 Å². The first-order valence-corrected chi connectivity index (χ1v) is 10.6. The van der Waals surface area contributed by atoms with Crippen molar-refractivity contribution in [1.82, 2.24) is 9.88 Å². The van der Waals surface area contributed by atoms with E-state index in [2.05, 4.69) is 34.6 Å². The lowest BCUT2D eigenvalue weighted by Crippen LogP contribution is -2.29. The molecule has 1 aliphatic carbocycles. The summed E-state index contributed by atoms with van der Waals surface area (Å²) in [5.74, 6) is 2.19. The molecule has 2 fully saturated rings. The van der Waals surface area contributed by atoms with Crippen LogP contribution in [0.4, 0.5) is 11.5 Å². The van der Waals surface area contributed by atoms with Crippen LogP contribution in [0, 0.1) is 5.92 Å². The first kappa shape index (κ1) is 17.9. The topological polar surface area (TPSA) is 74.6 Å². The van der Waals surface area contributed by atoms with Crippen molar-refractivity contribution in [1.29, 1.82) is 0 Å². The molecule has 3 N–H and O–H groups in total. The highest BCUT2D eigenvalue weighted by molar-refractivity contribution is 7.80. The van der Waals surface area contributed by atoms with E-state index in [1.807, 2.05) is 17.0 Å². The first-order valence-electron chi connectivity index (χ1n) is 10.1. The maximum atomic E-state index is 12.8. The number of anilines is 2. The molecule has 2 aliphatic heterocycles. The van der Waals surface area contributed by atoms with E-state index in [4.69, 9.17) is 10.5 Å². The molecule has 28 heavy (non-hydrogen) atoms. The van der Waals surface area contributed by atoms with Crippen molar-refractivity contribution in [2.45, 2.75) is 36.6 Å². The van der Waals surface area contributed by atoms with Crippen LogP contribution in [0.1, 0.15) is 47.8 Å². The molecule has 3 aliphatic rings. The van der Waals surface area contributed by atoms with Gasteiger partial charge in [0, 0.05) is 35.8 Å². The van der Waals surface area contributed by atoms with E-state index >= 15 is 0 Å². The van der Waals surface area contributed by atoms with Crippen molar-refractivity contribution in [3.05, 3.63) is 35.5 Å². The zero-order chi connectivity index (χ0) is 19.3. The minimum Gasteiger partial charge on any atom is -0.488 e. The third kappa shape index (κ3) is 3.16. The smallest absolute Gasteiger partial charge is 0.270 e. The average Bonchev–Trinajstić information content (AvgIpc) is 3.24. The normalized spacial score (nSPS) is 20.1. The van der Waals surface area contributed by atoms with Gasteiger partial charge in [-0.05, 0) is 55.4 Å². The van der Waals surface area contributed by atoms with Crippen molar-refractivity contribution in [3.8, 4) is 5.75 Å². The van der Waals surface area contributed by atoms with E-state index in [0.29, 0.717) is 18.2 Å². The van der Waals surface area contributed by atoms with Crippen LogP contribution >= 0.6 is 12.6 Å². The Morgan fingerprint density at radius 3 is 2.75 bits per heavy atom. The molecule has 1 aromatic heterocycles. The molecule has 1 saturated heterocycles. The number of nitrogens with zero attached hydrogens (tertiary/aromatic N) is 2. The first-order chi connectivity index (χ1) is 13.6. The number of nitrogens with one attached hydrogen (secondary N) is 1. The number of thiol groups is 1. The summed E-state index contributed by atoms with van der Waals surface area (Å²) in [7, 11) is 0. The maximum Gasteiger partial charge on any atom is 0.270 e. The summed E-state index contributed by atoms with van der Waals surface area (Å²) in [6.07, 6.45) is 4.54. The Morgan fingerprint density at radius 2 is 2.00 bits per heavy atom. The standard InChI is InChI=1S/C21H26N4O2S/c22-19(13-3-4-13)15-11-14(5-6-18(15)28)25-9-10-27-17-12-16(23-20(17)25)21(26)24-7-1-2-8-24/h5-6,11-13,19,23,28H,1-4,7-10,22H2. The van der Waals surface area contributed by atoms with Gasteiger partial charge in [-0.1, -0.05) is 0 Å². The van der Waals surface area contributed by atoms with E-state index < -0.39 is 0 Å². The Hall–Kier alpha value is -2.12. The predicted octanol–water partition coefficient (Wildman–Crippen LogP) is 3.48. The second-order valence-electron chi connectivity index (χ2n) is 8.00. The minimum absolute atomic E-state index is 0.0314. The quantitative estimate of drug-likeness (QED) is 0.690. The van der Waals surface area contributed by atoms with Crippen molar-refractivity contribution in [3.63, 3.8) is 0 Å². The number of hydrogen-bond acceptors (Lipinski definition) is 5. The zero-order valence-corrected chi connectivity index (χ0v) is 16.8. The second-order valence-corrected chi connectivity index (χ2v) is 8.48. The van der Waals surface area contributed by atoms with E-state index in [1.165, 1.54) is 12.8 Å². The summed E-state index contributed by atoms with van der Waals surface area (Å²) in [5.41, 5.74) is 9.20. The molecular weight excluding hydrogens is 372 g/mol. The number of nitrogens with two attached hydrogens (primary N) is 1. The number of amides is 1. The summed E-state index contributed by atoms with van der Waals surface area (Å²) in [6.45, 7) is 2.96. The molecule has 3 heterocycles. The summed E-state index contributed by atoms with van der Waals surface area (Å²) in [5, 5.41) is 0.